The third kappa shape index (κ3) is 5.79. The topological polar surface area (TPSA) is 101 Å². The number of anilines is 1. The van der Waals surface area contributed by atoms with E-state index in [1.54, 1.807) is 31.3 Å². The van der Waals surface area contributed by atoms with Gasteiger partial charge >= 0.3 is 12.1 Å². The summed E-state index contributed by atoms with van der Waals surface area (Å²) in [5, 5.41) is 8.55. The first kappa shape index (κ1) is 24.0. The molecule has 0 fully saturated rings. The van der Waals surface area contributed by atoms with Gasteiger partial charge in [0.2, 0.25) is 0 Å². The Labute approximate surface area is 194 Å². The molecule has 0 aliphatic carbocycles. The number of hydrogen-bond donors (Lipinski definition) is 3. The number of carbonyl (C=O) groups excluding carboxylic acids is 2. The van der Waals surface area contributed by atoms with Gasteiger partial charge in [-0.15, -0.1) is 0 Å². The summed E-state index contributed by atoms with van der Waals surface area (Å²) >= 11 is 0. The molecule has 1 aliphatic heterocycles. The summed E-state index contributed by atoms with van der Waals surface area (Å²) in [6.45, 7) is 5.61. The van der Waals surface area contributed by atoms with Crippen LogP contribution in [0, 0.1) is 0 Å². The molecule has 178 valence electrons. The zero-order valence-electron chi connectivity index (χ0n) is 19.6. The number of urea groups is 2. The van der Waals surface area contributed by atoms with Crippen LogP contribution in [0.2, 0.25) is 0 Å². The SMILES string of the molecule is CCNC(=O)NC[C@@H]1c2cc(OC)c(OC)cc2CCN1C(=O)Nc1ccc(OCC)cc1. The van der Waals surface area contributed by atoms with Crippen molar-refractivity contribution < 1.29 is 23.8 Å². The van der Waals surface area contributed by atoms with E-state index in [4.69, 9.17) is 14.2 Å². The number of nitrogens with zero attached hydrogens (tertiary/aromatic N) is 1. The molecule has 9 nitrogen and oxygen atoms in total. The Balaban J connectivity index is 1.85. The smallest absolute Gasteiger partial charge is 0.322 e. The van der Waals surface area contributed by atoms with Crippen molar-refractivity contribution in [3.05, 3.63) is 47.5 Å². The maximum absolute atomic E-state index is 13.2. The van der Waals surface area contributed by atoms with E-state index in [1.165, 1.54) is 0 Å². The Hall–Kier alpha value is -3.62. The number of fused-ring (bicyclic) bond motifs is 1. The van der Waals surface area contributed by atoms with E-state index in [9.17, 15) is 9.59 Å². The summed E-state index contributed by atoms with van der Waals surface area (Å²) in [7, 11) is 3.17. The van der Waals surface area contributed by atoms with E-state index in [2.05, 4.69) is 16.0 Å². The number of methoxy groups -OCH3 is 2. The van der Waals surface area contributed by atoms with Gasteiger partial charge in [-0.25, -0.2) is 9.59 Å². The molecule has 1 aliphatic rings. The van der Waals surface area contributed by atoms with Crippen LogP contribution in [0.5, 0.6) is 17.2 Å². The van der Waals surface area contributed by atoms with Crippen molar-refractivity contribution in [1.29, 1.82) is 0 Å². The van der Waals surface area contributed by atoms with Gasteiger partial charge in [-0.3, -0.25) is 0 Å². The fourth-order valence-corrected chi connectivity index (χ4v) is 3.90. The normalized spacial score (nSPS) is 14.7. The van der Waals surface area contributed by atoms with Crippen LogP contribution in [0.1, 0.15) is 31.0 Å². The Kier molecular flexibility index (Phi) is 8.23. The van der Waals surface area contributed by atoms with Crippen molar-refractivity contribution in [2.75, 3.05) is 45.8 Å². The summed E-state index contributed by atoms with van der Waals surface area (Å²) in [5.41, 5.74) is 2.63. The highest BCUT2D eigenvalue weighted by Crippen LogP contribution is 2.38. The fraction of sp³-hybridized carbons (Fsp3) is 0.417. The van der Waals surface area contributed by atoms with Crippen LogP contribution in [0.4, 0.5) is 15.3 Å². The molecule has 0 saturated carbocycles. The van der Waals surface area contributed by atoms with Gasteiger partial charge in [0.25, 0.3) is 0 Å². The monoisotopic (exact) mass is 456 g/mol. The first-order valence-electron chi connectivity index (χ1n) is 11.1. The molecule has 3 N–H and O–H groups in total. The van der Waals surface area contributed by atoms with Crippen LogP contribution < -0.4 is 30.2 Å². The molecule has 0 saturated heterocycles. The molecule has 3 rings (SSSR count). The first-order valence-corrected chi connectivity index (χ1v) is 11.1. The van der Waals surface area contributed by atoms with E-state index in [0.717, 1.165) is 16.9 Å². The molecule has 0 spiro atoms. The zero-order chi connectivity index (χ0) is 23.8. The van der Waals surface area contributed by atoms with Gasteiger partial charge in [0, 0.05) is 25.3 Å². The number of carbonyl (C=O) groups is 2. The molecule has 1 atom stereocenters. The largest absolute Gasteiger partial charge is 0.494 e. The second kappa shape index (κ2) is 11.3. The molecule has 0 bridgehead atoms. The highest BCUT2D eigenvalue weighted by molar-refractivity contribution is 5.90. The van der Waals surface area contributed by atoms with Crippen molar-refractivity contribution in [2.24, 2.45) is 0 Å². The van der Waals surface area contributed by atoms with Crippen molar-refractivity contribution in [3.63, 3.8) is 0 Å². The number of rotatable bonds is 8. The number of ether oxygens (including phenoxy) is 3. The van der Waals surface area contributed by atoms with Crippen molar-refractivity contribution >= 4 is 17.7 Å². The molecule has 0 unspecified atom stereocenters. The molecule has 33 heavy (non-hydrogen) atoms. The Morgan fingerprint density at radius 3 is 2.36 bits per heavy atom. The predicted octanol–water partition coefficient (Wildman–Crippen LogP) is 3.55. The van der Waals surface area contributed by atoms with Gasteiger partial charge in [-0.1, -0.05) is 0 Å². The quantitative estimate of drug-likeness (QED) is 0.564. The molecule has 2 aromatic carbocycles. The molecule has 4 amide bonds. The lowest BCUT2D eigenvalue weighted by atomic mass is 9.92. The lowest BCUT2D eigenvalue weighted by molar-refractivity contribution is 0.179. The standard InChI is InChI=1S/C24H32N4O5/c1-5-25-23(29)26-15-20-19-14-22(32-4)21(31-3)13-16(19)11-12-28(20)24(30)27-17-7-9-18(10-8-17)33-6-2/h7-10,13-14,20H,5-6,11-12,15H2,1-4H3,(H,27,30)(H2,25,26,29)/t20-/m1/s1. The predicted molar refractivity (Wildman–Crippen MR) is 126 cm³/mol. The minimum Gasteiger partial charge on any atom is -0.494 e. The minimum absolute atomic E-state index is 0.248. The molecule has 0 radical (unpaired) electrons. The third-order valence-electron chi connectivity index (χ3n) is 5.47. The Bertz CT molecular complexity index is 964. The van der Waals surface area contributed by atoms with Gasteiger partial charge in [0.1, 0.15) is 5.75 Å². The highest BCUT2D eigenvalue weighted by atomic mass is 16.5. The highest BCUT2D eigenvalue weighted by Gasteiger charge is 2.32. The van der Waals surface area contributed by atoms with Crippen LogP contribution in [-0.2, 0) is 6.42 Å². The van der Waals surface area contributed by atoms with Crippen LogP contribution in [0.3, 0.4) is 0 Å². The van der Waals surface area contributed by atoms with Crippen molar-refractivity contribution in [1.82, 2.24) is 15.5 Å². The van der Waals surface area contributed by atoms with Crippen LogP contribution >= 0.6 is 0 Å². The molecular formula is C24H32N4O5. The number of benzene rings is 2. The van der Waals surface area contributed by atoms with Gasteiger partial charge in [-0.05, 0) is 67.8 Å². The van der Waals surface area contributed by atoms with E-state index in [1.807, 2.05) is 38.1 Å². The summed E-state index contributed by atoms with van der Waals surface area (Å²) in [4.78, 5) is 27.1. The second-order valence-electron chi connectivity index (χ2n) is 7.49. The summed E-state index contributed by atoms with van der Waals surface area (Å²) in [6, 6.07) is 10.2. The molecular weight excluding hydrogens is 424 g/mol. The fourth-order valence-electron chi connectivity index (χ4n) is 3.90. The number of amides is 4. The first-order chi connectivity index (χ1) is 16.0. The van der Waals surface area contributed by atoms with Crippen LogP contribution in [0.15, 0.2) is 36.4 Å². The maximum atomic E-state index is 13.2. The Morgan fingerprint density at radius 2 is 1.73 bits per heavy atom. The van der Waals surface area contributed by atoms with Gasteiger partial charge in [0.15, 0.2) is 11.5 Å². The third-order valence-corrected chi connectivity index (χ3v) is 5.47. The van der Waals surface area contributed by atoms with E-state index >= 15 is 0 Å². The average Bonchev–Trinajstić information content (AvgIpc) is 2.83. The summed E-state index contributed by atoms with van der Waals surface area (Å²) in [5.74, 6) is 1.96. The van der Waals surface area contributed by atoms with Gasteiger partial charge in [-0.2, -0.15) is 0 Å². The van der Waals surface area contributed by atoms with Crippen LogP contribution in [0.25, 0.3) is 0 Å². The molecule has 1 heterocycles. The van der Waals surface area contributed by atoms with Crippen LogP contribution in [-0.4, -0.2) is 57.4 Å². The van der Waals surface area contributed by atoms with E-state index in [0.29, 0.717) is 43.3 Å². The number of hydrogen-bond acceptors (Lipinski definition) is 5. The zero-order valence-corrected chi connectivity index (χ0v) is 19.6. The summed E-state index contributed by atoms with van der Waals surface area (Å²) < 4.78 is 16.4. The lowest BCUT2D eigenvalue weighted by Crippen LogP contribution is -2.48. The average molecular weight is 457 g/mol. The molecule has 2 aromatic rings. The lowest BCUT2D eigenvalue weighted by Gasteiger charge is -2.37. The van der Waals surface area contributed by atoms with E-state index < -0.39 is 0 Å². The van der Waals surface area contributed by atoms with Gasteiger partial charge in [0.05, 0.1) is 26.9 Å². The molecule has 0 aromatic heterocycles. The van der Waals surface area contributed by atoms with Crippen molar-refractivity contribution in [3.8, 4) is 17.2 Å². The van der Waals surface area contributed by atoms with Crippen molar-refractivity contribution in [2.45, 2.75) is 26.3 Å². The summed E-state index contributed by atoms with van der Waals surface area (Å²) in [6.07, 6.45) is 0.657. The number of nitrogens with one attached hydrogen (secondary N) is 3. The van der Waals surface area contributed by atoms with E-state index in [-0.39, 0.29) is 24.6 Å². The van der Waals surface area contributed by atoms with Gasteiger partial charge < -0.3 is 35.1 Å². The minimum atomic E-state index is -0.376. The molecule has 9 heteroatoms. The Morgan fingerprint density at radius 1 is 1.03 bits per heavy atom. The second-order valence-corrected chi connectivity index (χ2v) is 7.49. The maximum Gasteiger partial charge on any atom is 0.322 e.